The van der Waals surface area contributed by atoms with Crippen LogP contribution in [-0.2, 0) is 0 Å². The molecule has 1 aromatic rings. The van der Waals surface area contributed by atoms with Crippen LogP contribution in [0.25, 0.3) is 0 Å². The molecule has 0 spiro atoms. The van der Waals surface area contributed by atoms with Crippen molar-refractivity contribution in [1.29, 1.82) is 0 Å². The second kappa shape index (κ2) is 3.49. The van der Waals surface area contributed by atoms with Crippen molar-refractivity contribution in [3.05, 3.63) is 24.3 Å². The van der Waals surface area contributed by atoms with Crippen LogP contribution in [-0.4, -0.2) is 5.88 Å². The van der Waals surface area contributed by atoms with Crippen molar-refractivity contribution in [1.82, 2.24) is 0 Å². The van der Waals surface area contributed by atoms with Crippen molar-refractivity contribution in [2.75, 3.05) is 11.6 Å². The van der Waals surface area contributed by atoms with Gasteiger partial charge in [0, 0.05) is 16.5 Å². The number of nitrogen functional groups attached to an aromatic ring is 1. The summed E-state index contributed by atoms with van der Waals surface area (Å²) in [5.74, 6) is 0.601. The molecule has 0 radical (unpaired) electrons. The molecule has 1 aromatic carbocycles. The van der Waals surface area contributed by atoms with Crippen molar-refractivity contribution in [3.8, 4) is 0 Å². The molecule has 1 rings (SSSR count). The SMILES string of the molecule is NCSc1cccc(N)c1. The molecule has 0 aliphatic rings. The fourth-order valence-electron chi connectivity index (χ4n) is 0.701. The number of thioether (sulfide) groups is 1. The highest BCUT2D eigenvalue weighted by Gasteiger charge is 1.89. The van der Waals surface area contributed by atoms with Gasteiger partial charge < -0.3 is 11.5 Å². The van der Waals surface area contributed by atoms with Crippen LogP contribution in [0.3, 0.4) is 0 Å². The minimum absolute atomic E-state index is 0.601. The summed E-state index contributed by atoms with van der Waals surface area (Å²) in [6.07, 6.45) is 0. The molecule has 0 unspecified atom stereocenters. The third-order valence-electron chi connectivity index (χ3n) is 1.11. The highest BCUT2D eigenvalue weighted by molar-refractivity contribution is 7.99. The molecule has 2 nitrogen and oxygen atoms in total. The Hall–Kier alpha value is -0.670. The Bertz CT molecular complexity index is 213. The number of nitrogens with two attached hydrogens (primary N) is 2. The van der Waals surface area contributed by atoms with E-state index in [1.807, 2.05) is 24.3 Å². The predicted octanol–water partition coefficient (Wildman–Crippen LogP) is 1.28. The zero-order chi connectivity index (χ0) is 7.40. The van der Waals surface area contributed by atoms with Gasteiger partial charge in [-0.2, -0.15) is 0 Å². The van der Waals surface area contributed by atoms with Crippen molar-refractivity contribution < 1.29 is 0 Å². The fourth-order valence-corrected chi connectivity index (χ4v) is 1.29. The van der Waals surface area contributed by atoms with E-state index in [0.717, 1.165) is 10.6 Å². The normalized spacial score (nSPS) is 9.70. The van der Waals surface area contributed by atoms with Gasteiger partial charge in [-0.3, -0.25) is 0 Å². The lowest BCUT2D eigenvalue weighted by molar-refractivity contribution is 1.37. The molecule has 0 saturated carbocycles. The van der Waals surface area contributed by atoms with Gasteiger partial charge in [0.15, 0.2) is 0 Å². The van der Waals surface area contributed by atoms with Gasteiger partial charge in [-0.1, -0.05) is 6.07 Å². The summed E-state index contributed by atoms with van der Waals surface area (Å²) in [7, 11) is 0. The third kappa shape index (κ3) is 1.93. The molecule has 0 aliphatic carbocycles. The van der Waals surface area contributed by atoms with Crippen molar-refractivity contribution in [2.24, 2.45) is 5.73 Å². The van der Waals surface area contributed by atoms with Gasteiger partial charge in [0.1, 0.15) is 0 Å². The maximum absolute atomic E-state index is 5.53. The first kappa shape index (κ1) is 7.44. The van der Waals surface area contributed by atoms with E-state index in [9.17, 15) is 0 Å². The van der Waals surface area contributed by atoms with Crippen LogP contribution in [0.4, 0.5) is 5.69 Å². The van der Waals surface area contributed by atoms with Crippen LogP contribution in [0.2, 0.25) is 0 Å². The summed E-state index contributed by atoms with van der Waals surface area (Å²) in [5, 5.41) is 0. The molecule has 0 heterocycles. The van der Waals surface area contributed by atoms with Crippen LogP contribution in [0, 0.1) is 0 Å². The van der Waals surface area contributed by atoms with Gasteiger partial charge >= 0.3 is 0 Å². The topological polar surface area (TPSA) is 52.0 Å². The highest BCUT2D eigenvalue weighted by Crippen LogP contribution is 2.17. The lowest BCUT2D eigenvalue weighted by atomic mass is 10.3. The molecule has 0 fully saturated rings. The molecule has 0 amide bonds. The van der Waals surface area contributed by atoms with Crippen LogP contribution < -0.4 is 11.5 Å². The molecular weight excluding hydrogens is 144 g/mol. The van der Waals surface area contributed by atoms with E-state index in [4.69, 9.17) is 11.5 Å². The Balaban J connectivity index is 2.75. The molecule has 4 N–H and O–H groups in total. The quantitative estimate of drug-likeness (QED) is 0.383. The van der Waals surface area contributed by atoms with E-state index in [1.165, 1.54) is 0 Å². The van der Waals surface area contributed by atoms with E-state index < -0.39 is 0 Å². The Morgan fingerprint density at radius 1 is 1.40 bits per heavy atom. The summed E-state index contributed by atoms with van der Waals surface area (Å²) in [5.41, 5.74) is 11.7. The molecule has 10 heavy (non-hydrogen) atoms. The smallest absolute Gasteiger partial charge is 0.0440 e. The predicted molar refractivity (Wildman–Crippen MR) is 45.8 cm³/mol. The third-order valence-corrected chi connectivity index (χ3v) is 1.86. The van der Waals surface area contributed by atoms with Gasteiger partial charge in [-0.05, 0) is 18.2 Å². The Kier molecular flexibility index (Phi) is 2.59. The van der Waals surface area contributed by atoms with Crippen LogP contribution in [0.1, 0.15) is 0 Å². The largest absolute Gasteiger partial charge is 0.399 e. The first-order chi connectivity index (χ1) is 4.83. The first-order valence-corrected chi connectivity index (χ1v) is 4.00. The molecule has 0 aromatic heterocycles. The zero-order valence-electron chi connectivity index (χ0n) is 5.58. The standard InChI is InChI=1S/C7H10N2S/c8-5-10-7-3-1-2-6(9)4-7/h1-4H,5,8-9H2. The zero-order valence-corrected chi connectivity index (χ0v) is 6.40. The van der Waals surface area contributed by atoms with Crippen LogP contribution >= 0.6 is 11.8 Å². The van der Waals surface area contributed by atoms with Crippen molar-refractivity contribution >= 4 is 17.4 Å². The summed E-state index contributed by atoms with van der Waals surface area (Å²) in [6.45, 7) is 0. The summed E-state index contributed by atoms with van der Waals surface area (Å²) < 4.78 is 0. The maximum Gasteiger partial charge on any atom is 0.0440 e. The number of anilines is 1. The molecule has 0 bridgehead atoms. The number of rotatable bonds is 2. The minimum Gasteiger partial charge on any atom is -0.399 e. The molecule has 3 heteroatoms. The number of benzene rings is 1. The lowest BCUT2D eigenvalue weighted by Gasteiger charge is -1.97. The van der Waals surface area contributed by atoms with Gasteiger partial charge in [0.2, 0.25) is 0 Å². The molecular formula is C7H10N2S. The maximum atomic E-state index is 5.53. The average molecular weight is 154 g/mol. The van der Waals surface area contributed by atoms with Crippen molar-refractivity contribution in [3.63, 3.8) is 0 Å². The average Bonchev–Trinajstić information content (AvgIpc) is 1.88. The Labute approximate surface area is 64.6 Å². The Morgan fingerprint density at radius 3 is 2.80 bits per heavy atom. The monoisotopic (exact) mass is 154 g/mol. The van der Waals surface area contributed by atoms with E-state index in [0.29, 0.717) is 5.88 Å². The van der Waals surface area contributed by atoms with Gasteiger partial charge in [-0.15, -0.1) is 11.8 Å². The van der Waals surface area contributed by atoms with E-state index in [1.54, 1.807) is 11.8 Å². The van der Waals surface area contributed by atoms with Crippen LogP contribution in [0.5, 0.6) is 0 Å². The summed E-state index contributed by atoms with van der Waals surface area (Å²) in [6, 6.07) is 7.69. The molecule has 0 saturated heterocycles. The molecule has 0 atom stereocenters. The Morgan fingerprint density at radius 2 is 2.20 bits per heavy atom. The first-order valence-electron chi connectivity index (χ1n) is 3.01. The second-order valence-corrected chi connectivity index (χ2v) is 2.98. The number of hydrogen-bond acceptors (Lipinski definition) is 3. The molecule has 0 aliphatic heterocycles. The summed E-state index contributed by atoms with van der Waals surface area (Å²) >= 11 is 1.59. The van der Waals surface area contributed by atoms with Gasteiger partial charge in [0.25, 0.3) is 0 Å². The van der Waals surface area contributed by atoms with Gasteiger partial charge in [-0.25, -0.2) is 0 Å². The van der Waals surface area contributed by atoms with Crippen LogP contribution in [0.15, 0.2) is 29.2 Å². The fraction of sp³-hybridized carbons (Fsp3) is 0.143. The minimum atomic E-state index is 0.601. The highest BCUT2D eigenvalue weighted by atomic mass is 32.2. The van der Waals surface area contributed by atoms with E-state index in [2.05, 4.69) is 0 Å². The van der Waals surface area contributed by atoms with E-state index in [-0.39, 0.29) is 0 Å². The second-order valence-electron chi connectivity index (χ2n) is 1.88. The van der Waals surface area contributed by atoms with Crippen molar-refractivity contribution in [2.45, 2.75) is 4.90 Å². The van der Waals surface area contributed by atoms with Gasteiger partial charge in [0.05, 0.1) is 0 Å². The summed E-state index contributed by atoms with van der Waals surface area (Å²) in [4.78, 5) is 1.13. The molecule has 54 valence electrons. The lowest BCUT2D eigenvalue weighted by Crippen LogP contribution is -1.92. The number of hydrogen-bond donors (Lipinski definition) is 2. The van der Waals surface area contributed by atoms with E-state index >= 15 is 0 Å².